The molecule has 0 amide bonds. The smallest absolute Gasteiger partial charge is 0.140 e. The summed E-state index contributed by atoms with van der Waals surface area (Å²) in [5.41, 5.74) is -0.217. The zero-order valence-electron chi connectivity index (χ0n) is 11.8. The Kier molecular flexibility index (Phi) is 3.54. The molecule has 1 unspecified atom stereocenters. The van der Waals surface area contributed by atoms with E-state index in [-0.39, 0.29) is 0 Å². The van der Waals surface area contributed by atoms with Crippen molar-refractivity contribution >= 4 is 28.5 Å². The molecule has 5 heteroatoms. The first-order chi connectivity index (χ1) is 9.59. The number of piperidine rings is 1. The highest BCUT2D eigenvalue weighted by atomic mass is 32.2. The molecule has 3 rings (SSSR count). The first-order valence-corrected chi connectivity index (χ1v) is 8.04. The molecule has 20 heavy (non-hydrogen) atoms. The molecule has 1 aliphatic heterocycles. The lowest BCUT2D eigenvalue weighted by Gasteiger charge is -2.36. The van der Waals surface area contributed by atoms with E-state index in [1.807, 2.05) is 12.3 Å². The summed E-state index contributed by atoms with van der Waals surface area (Å²) in [7, 11) is 0. The Morgan fingerprint density at radius 1 is 1.35 bits per heavy atom. The number of rotatable bonds is 2. The van der Waals surface area contributed by atoms with E-state index in [2.05, 4.69) is 27.0 Å². The standard InChI is InChI=1S/C15H18FN3S/c1-15(16)6-3-7-19(9-15)14-12-8-11(20-2)4-5-13(12)17-10-18-14/h4-5,8,10H,3,6-7,9H2,1-2H3. The lowest BCUT2D eigenvalue weighted by atomic mass is 9.97. The van der Waals surface area contributed by atoms with Crippen LogP contribution in [0.4, 0.5) is 10.2 Å². The van der Waals surface area contributed by atoms with E-state index in [4.69, 9.17) is 0 Å². The number of aromatic nitrogens is 2. The Morgan fingerprint density at radius 2 is 2.20 bits per heavy atom. The molecule has 0 aliphatic carbocycles. The Hall–Kier alpha value is -1.36. The van der Waals surface area contributed by atoms with Crippen LogP contribution in [0.1, 0.15) is 19.8 Å². The molecule has 0 saturated carbocycles. The molecule has 3 nitrogen and oxygen atoms in total. The maximum atomic E-state index is 14.3. The van der Waals surface area contributed by atoms with Crippen LogP contribution in [0.3, 0.4) is 0 Å². The Morgan fingerprint density at radius 3 is 2.95 bits per heavy atom. The van der Waals surface area contributed by atoms with Gasteiger partial charge in [-0.25, -0.2) is 14.4 Å². The predicted molar refractivity (Wildman–Crippen MR) is 82.3 cm³/mol. The van der Waals surface area contributed by atoms with Crippen LogP contribution in [-0.2, 0) is 0 Å². The van der Waals surface area contributed by atoms with Gasteiger partial charge in [-0.1, -0.05) is 0 Å². The number of benzene rings is 1. The quantitative estimate of drug-likeness (QED) is 0.789. The number of hydrogen-bond donors (Lipinski definition) is 0. The summed E-state index contributed by atoms with van der Waals surface area (Å²) in [6, 6.07) is 6.16. The van der Waals surface area contributed by atoms with E-state index in [1.165, 1.54) is 4.90 Å². The van der Waals surface area contributed by atoms with Gasteiger partial charge in [-0.15, -0.1) is 11.8 Å². The largest absolute Gasteiger partial charge is 0.353 e. The summed E-state index contributed by atoms with van der Waals surface area (Å²) in [6.45, 7) is 2.94. The van der Waals surface area contributed by atoms with Crippen molar-refractivity contribution in [3.05, 3.63) is 24.5 Å². The average molecular weight is 291 g/mol. The van der Waals surface area contributed by atoms with Crippen LogP contribution in [0.5, 0.6) is 0 Å². The topological polar surface area (TPSA) is 29.0 Å². The Balaban J connectivity index is 2.06. The maximum Gasteiger partial charge on any atom is 0.140 e. The summed E-state index contributed by atoms with van der Waals surface area (Å²) in [5, 5.41) is 1.01. The molecular weight excluding hydrogens is 273 g/mol. The number of fused-ring (bicyclic) bond motifs is 1. The van der Waals surface area contributed by atoms with Gasteiger partial charge < -0.3 is 4.90 Å². The fourth-order valence-corrected chi connectivity index (χ4v) is 3.22. The van der Waals surface area contributed by atoms with Crippen LogP contribution in [0, 0.1) is 0 Å². The van der Waals surface area contributed by atoms with E-state index in [1.54, 1.807) is 25.0 Å². The average Bonchev–Trinajstić information content (AvgIpc) is 2.45. The van der Waals surface area contributed by atoms with Crippen LogP contribution < -0.4 is 4.90 Å². The monoisotopic (exact) mass is 291 g/mol. The van der Waals surface area contributed by atoms with Crippen molar-refractivity contribution in [1.29, 1.82) is 0 Å². The van der Waals surface area contributed by atoms with Crippen molar-refractivity contribution in [1.82, 2.24) is 9.97 Å². The first kappa shape index (κ1) is 13.6. The highest BCUT2D eigenvalue weighted by Gasteiger charge is 2.31. The molecule has 106 valence electrons. The summed E-state index contributed by atoms with van der Waals surface area (Å²) < 4.78 is 14.3. The molecule has 0 spiro atoms. The van der Waals surface area contributed by atoms with Gasteiger partial charge >= 0.3 is 0 Å². The van der Waals surface area contributed by atoms with E-state index < -0.39 is 5.67 Å². The summed E-state index contributed by atoms with van der Waals surface area (Å²) in [4.78, 5) is 11.9. The number of halogens is 1. The minimum Gasteiger partial charge on any atom is -0.353 e. The molecular formula is C15H18FN3S. The van der Waals surface area contributed by atoms with Crippen LogP contribution in [-0.4, -0.2) is 35.0 Å². The maximum absolute atomic E-state index is 14.3. The van der Waals surface area contributed by atoms with Crippen LogP contribution in [0.25, 0.3) is 10.9 Å². The van der Waals surface area contributed by atoms with Crippen LogP contribution in [0.2, 0.25) is 0 Å². The number of anilines is 1. The number of thioether (sulfide) groups is 1. The van der Waals surface area contributed by atoms with Gasteiger partial charge in [0, 0.05) is 16.8 Å². The second-order valence-corrected chi connectivity index (χ2v) is 6.40. The van der Waals surface area contributed by atoms with Crippen molar-refractivity contribution in [2.24, 2.45) is 0 Å². The highest BCUT2D eigenvalue weighted by Crippen LogP contribution is 2.32. The fraction of sp³-hybridized carbons (Fsp3) is 0.467. The Labute approximate surface area is 122 Å². The van der Waals surface area contributed by atoms with Crippen molar-refractivity contribution in [3.8, 4) is 0 Å². The zero-order chi connectivity index (χ0) is 14.2. The number of alkyl halides is 1. The summed E-state index contributed by atoms with van der Waals surface area (Å²) in [5.74, 6) is 0.856. The molecule has 0 bridgehead atoms. The normalized spacial score (nSPS) is 23.2. The van der Waals surface area contributed by atoms with Gasteiger partial charge in [0.05, 0.1) is 12.1 Å². The molecule has 2 aromatic rings. The van der Waals surface area contributed by atoms with E-state index >= 15 is 0 Å². The highest BCUT2D eigenvalue weighted by molar-refractivity contribution is 7.98. The van der Waals surface area contributed by atoms with Crippen molar-refractivity contribution in [2.75, 3.05) is 24.2 Å². The van der Waals surface area contributed by atoms with Crippen molar-refractivity contribution in [2.45, 2.75) is 30.3 Å². The molecule has 1 fully saturated rings. The molecule has 1 saturated heterocycles. The number of hydrogen-bond acceptors (Lipinski definition) is 4. The Bertz CT molecular complexity index is 630. The van der Waals surface area contributed by atoms with Gasteiger partial charge in [0.25, 0.3) is 0 Å². The van der Waals surface area contributed by atoms with Crippen LogP contribution >= 0.6 is 11.8 Å². The minimum absolute atomic E-state index is 0.405. The van der Waals surface area contributed by atoms with Crippen molar-refractivity contribution in [3.63, 3.8) is 0 Å². The summed E-state index contributed by atoms with van der Waals surface area (Å²) >= 11 is 1.69. The second kappa shape index (κ2) is 5.20. The first-order valence-electron chi connectivity index (χ1n) is 6.82. The predicted octanol–water partition coefficient (Wildman–Crippen LogP) is 3.68. The van der Waals surface area contributed by atoms with Gasteiger partial charge in [-0.3, -0.25) is 0 Å². The number of nitrogens with zero attached hydrogens (tertiary/aromatic N) is 3. The second-order valence-electron chi connectivity index (χ2n) is 5.52. The third-order valence-electron chi connectivity index (χ3n) is 3.77. The van der Waals surface area contributed by atoms with E-state index in [0.717, 1.165) is 29.7 Å². The fourth-order valence-electron chi connectivity index (χ4n) is 2.78. The van der Waals surface area contributed by atoms with Gasteiger partial charge in [-0.05, 0) is 44.2 Å². The van der Waals surface area contributed by atoms with Gasteiger partial charge in [0.1, 0.15) is 17.8 Å². The SMILES string of the molecule is CSc1ccc2ncnc(N3CCCC(C)(F)C3)c2c1. The molecule has 0 N–H and O–H groups in total. The van der Waals surface area contributed by atoms with E-state index in [9.17, 15) is 4.39 Å². The summed E-state index contributed by atoms with van der Waals surface area (Å²) in [6.07, 6.45) is 5.11. The zero-order valence-corrected chi connectivity index (χ0v) is 12.6. The minimum atomic E-state index is -1.13. The molecule has 1 aromatic heterocycles. The lowest BCUT2D eigenvalue weighted by molar-refractivity contribution is 0.160. The molecule has 2 heterocycles. The lowest BCUT2D eigenvalue weighted by Crippen LogP contribution is -2.43. The van der Waals surface area contributed by atoms with Crippen molar-refractivity contribution < 1.29 is 4.39 Å². The van der Waals surface area contributed by atoms with Gasteiger partial charge in [0.15, 0.2) is 0 Å². The molecule has 1 aromatic carbocycles. The molecule has 0 radical (unpaired) electrons. The van der Waals surface area contributed by atoms with Crippen LogP contribution in [0.15, 0.2) is 29.4 Å². The van der Waals surface area contributed by atoms with Gasteiger partial charge in [-0.2, -0.15) is 0 Å². The van der Waals surface area contributed by atoms with Gasteiger partial charge in [0.2, 0.25) is 0 Å². The third-order valence-corrected chi connectivity index (χ3v) is 4.49. The third kappa shape index (κ3) is 2.59. The molecule has 1 aliphatic rings. The van der Waals surface area contributed by atoms with E-state index in [0.29, 0.717) is 13.0 Å². The molecule has 1 atom stereocenters.